The highest BCUT2D eigenvalue weighted by atomic mass is 79.9. The lowest BCUT2D eigenvalue weighted by Crippen LogP contribution is -2.52. The highest BCUT2D eigenvalue weighted by Gasteiger charge is 2.32. The number of anilines is 1. The number of ether oxygens (including phenoxy) is 1. The Hall–Kier alpha value is -0.580. The maximum Gasteiger partial charge on any atom is 0.0805 e. The van der Waals surface area contributed by atoms with Gasteiger partial charge in [-0.25, -0.2) is 0 Å². The van der Waals surface area contributed by atoms with Crippen LogP contribution in [-0.2, 0) is 11.3 Å². The average molecular weight is 341 g/mol. The van der Waals surface area contributed by atoms with Gasteiger partial charge in [0.25, 0.3) is 0 Å². The minimum Gasteiger partial charge on any atom is -0.369 e. The molecule has 0 amide bonds. The number of hydrogen-bond donors (Lipinski definition) is 1. The van der Waals surface area contributed by atoms with Gasteiger partial charge in [0.2, 0.25) is 0 Å². The van der Waals surface area contributed by atoms with E-state index in [0.29, 0.717) is 0 Å². The molecule has 1 atom stereocenters. The molecule has 1 N–H and O–H groups in total. The van der Waals surface area contributed by atoms with Gasteiger partial charge in [-0.15, -0.1) is 0 Å². The molecule has 0 radical (unpaired) electrons. The third-order valence-corrected chi connectivity index (χ3v) is 4.02. The van der Waals surface area contributed by atoms with Crippen molar-refractivity contribution < 1.29 is 4.74 Å². The Balaban J connectivity index is 2.27. The van der Waals surface area contributed by atoms with Crippen LogP contribution in [0.3, 0.4) is 0 Å². The molecule has 1 aromatic carbocycles. The first-order chi connectivity index (χ1) is 9.41. The molecule has 1 fully saturated rings. The zero-order chi connectivity index (χ0) is 14.8. The van der Waals surface area contributed by atoms with Crippen molar-refractivity contribution in [3.63, 3.8) is 0 Å². The van der Waals surface area contributed by atoms with Crippen LogP contribution >= 0.6 is 15.9 Å². The number of nitrogens with zero attached hydrogens (tertiary/aromatic N) is 1. The molecule has 1 aliphatic heterocycles. The van der Waals surface area contributed by atoms with Gasteiger partial charge in [-0.3, -0.25) is 0 Å². The molecule has 1 aromatic rings. The smallest absolute Gasteiger partial charge is 0.0805 e. The van der Waals surface area contributed by atoms with Crippen LogP contribution in [0, 0.1) is 0 Å². The van der Waals surface area contributed by atoms with Crippen LogP contribution in [-0.4, -0.2) is 31.3 Å². The van der Waals surface area contributed by atoms with Crippen LogP contribution in [0.1, 0.15) is 33.3 Å². The van der Waals surface area contributed by atoms with Crippen molar-refractivity contribution >= 4 is 21.6 Å². The van der Waals surface area contributed by atoms with E-state index >= 15 is 0 Å². The normalized spacial score (nSPS) is 22.1. The van der Waals surface area contributed by atoms with Crippen molar-refractivity contribution in [3.05, 3.63) is 28.2 Å². The number of halogens is 1. The third kappa shape index (κ3) is 3.96. The first-order valence-corrected chi connectivity index (χ1v) is 8.12. The van der Waals surface area contributed by atoms with Gasteiger partial charge in [0.15, 0.2) is 0 Å². The van der Waals surface area contributed by atoms with E-state index in [-0.39, 0.29) is 11.7 Å². The van der Waals surface area contributed by atoms with Gasteiger partial charge in [-0.05, 0) is 45.0 Å². The van der Waals surface area contributed by atoms with E-state index in [2.05, 4.69) is 72.0 Å². The topological polar surface area (TPSA) is 24.5 Å². The van der Waals surface area contributed by atoms with E-state index < -0.39 is 0 Å². The monoisotopic (exact) mass is 340 g/mol. The Bertz CT molecular complexity index is 462. The maximum atomic E-state index is 6.01. The quantitative estimate of drug-likeness (QED) is 0.906. The average Bonchev–Trinajstić information content (AvgIpc) is 2.35. The van der Waals surface area contributed by atoms with Gasteiger partial charge in [-0.1, -0.05) is 28.9 Å². The predicted molar refractivity (Wildman–Crippen MR) is 88.4 cm³/mol. The molecule has 4 heteroatoms. The Morgan fingerprint density at radius 1 is 1.45 bits per heavy atom. The zero-order valence-electron chi connectivity index (χ0n) is 12.9. The molecule has 112 valence electrons. The van der Waals surface area contributed by atoms with Crippen molar-refractivity contribution in [2.75, 3.05) is 24.5 Å². The van der Waals surface area contributed by atoms with Gasteiger partial charge < -0.3 is 15.0 Å². The second kappa shape index (κ2) is 6.46. The van der Waals surface area contributed by atoms with Crippen LogP contribution in [0.4, 0.5) is 5.69 Å². The van der Waals surface area contributed by atoms with E-state index in [9.17, 15) is 0 Å². The fourth-order valence-corrected chi connectivity index (χ4v) is 3.23. The molecule has 1 unspecified atom stereocenters. The van der Waals surface area contributed by atoms with Gasteiger partial charge in [-0.2, -0.15) is 0 Å². The second-order valence-corrected chi connectivity index (χ2v) is 7.04. The number of rotatable bonds is 4. The summed E-state index contributed by atoms with van der Waals surface area (Å²) in [6.45, 7) is 12.4. The zero-order valence-corrected chi connectivity index (χ0v) is 14.5. The van der Waals surface area contributed by atoms with Gasteiger partial charge in [0.1, 0.15) is 0 Å². The van der Waals surface area contributed by atoms with Gasteiger partial charge in [0, 0.05) is 29.8 Å². The predicted octanol–water partition coefficient (Wildman–Crippen LogP) is 3.56. The molecule has 1 aliphatic rings. The van der Waals surface area contributed by atoms with E-state index in [1.165, 1.54) is 11.3 Å². The molecule has 3 nitrogen and oxygen atoms in total. The van der Waals surface area contributed by atoms with E-state index in [0.717, 1.165) is 30.7 Å². The highest BCUT2D eigenvalue weighted by molar-refractivity contribution is 9.10. The van der Waals surface area contributed by atoms with Crippen LogP contribution < -0.4 is 10.2 Å². The van der Waals surface area contributed by atoms with E-state index in [4.69, 9.17) is 4.74 Å². The molecule has 0 bridgehead atoms. The fourth-order valence-electron chi connectivity index (χ4n) is 2.88. The Labute approximate surface area is 130 Å². The lowest BCUT2D eigenvalue weighted by Gasteiger charge is -2.43. The Morgan fingerprint density at radius 2 is 2.20 bits per heavy atom. The van der Waals surface area contributed by atoms with Gasteiger partial charge in [0.05, 0.1) is 11.7 Å². The van der Waals surface area contributed by atoms with Crippen molar-refractivity contribution in [1.29, 1.82) is 0 Å². The minimum atomic E-state index is -0.102. The summed E-state index contributed by atoms with van der Waals surface area (Å²) in [5, 5.41) is 3.42. The third-order valence-electron chi connectivity index (χ3n) is 3.52. The van der Waals surface area contributed by atoms with Crippen molar-refractivity contribution in [3.8, 4) is 0 Å². The lowest BCUT2D eigenvalue weighted by molar-refractivity contribution is -0.0750. The molecule has 1 heterocycles. The standard InChI is InChI=1S/C16H25BrN2O/c1-5-18-9-13-6-7-14(17)8-15(13)19-10-12(2)20-16(3,4)11-19/h6-8,12,18H,5,9-11H2,1-4H3. The summed E-state index contributed by atoms with van der Waals surface area (Å²) in [7, 11) is 0. The molecule has 0 spiro atoms. The second-order valence-electron chi connectivity index (χ2n) is 6.12. The molecule has 2 rings (SSSR count). The molecular weight excluding hydrogens is 316 g/mol. The highest BCUT2D eigenvalue weighted by Crippen LogP contribution is 2.30. The molecular formula is C16H25BrN2O. The summed E-state index contributed by atoms with van der Waals surface area (Å²) >= 11 is 3.60. The molecule has 0 saturated carbocycles. The van der Waals surface area contributed by atoms with Gasteiger partial charge >= 0.3 is 0 Å². The lowest BCUT2D eigenvalue weighted by atomic mass is 10.0. The molecule has 0 aliphatic carbocycles. The summed E-state index contributed by atoms with van der Waals surface area (Å²) in [6, 6.07) is 6.54. The Kier molecular flexibility index (Phi) is 5.10. The summed E-state index contributed by atoms with van der Waals surface area (Å²) in [5.41, 5.74) is 2.55. The SMILES string of the molecule is CCNCc1ccc(Br)cc1N1CC(C)OC(C)(C)C1. The first kappa shape index (κ1) is 15.8. The largest absolute Gasteiger partial charge is 0.369 e. The van der Waals surface area contributed by atoms with E-state index in [1.54, 1.807) is 0 Å². The fraction of sp³-hybridized carbons (Fsp3) is 0.625. The van der Waals surface area contributed by atoms with Crippen LogP contribution in [0.25, 0.3) is 0 Å². The summed E-state index contributed by atoms with van der Waals surface area (Å²) < 4.78 is 7.14. The molecule has 20 heavy (non-hydrogen) atoms. The number of morpholine rings is 1. The van der Waals surface area contributed by atoms with Crippen LogP contribution in [0.15, 0.2) is 22.7 Å². The van der Waals surface area contributed by atoms with Crippen LogP contribution in [0.5, 0.6) is 0 Å². The van der Waals surface area contributed by atoms with E-state index in [1.807, 2.05) is 0 Å². The number of nitrogens with one attached hydrogen (secondary N) is 1. The molecule has 1 saturated heterocycles. The first-order valence-electron chi connectivity index (χ1n) is 7.33. The van der Waals surface area contributed by atoms with Crippen molar-refractivity contribution in [2.24, 2.45) is 0 Å². The van der Waals surface area contributed by atoms with Crippen molar-refractivity contribution in [2.45, 2.75) is 45.9 Å². The Morgan fingerprint density at radius 3 is 2.85 bits per heavy atom. The molecule has 0 aromatic heterocycles. The summed E-state index contributed by atoms with van der Waals surface area (Å²) in [5.74, 6) is 0. The van der Waals surface area contributed by atoms with Crippen LogP contribution in [0.2, 0.25) is 0 Å². The summed E-state index contributed by atoms with van der Waals surface area (Å²) in [4.78, 5) is 2.45. The maximum absolute atomic E-state index is 6.01. The van der Waals surface area contributed by atoms with Crippen molar-refractivity contribution in [1.82, 2.24) is 5.32 Å². The minimum absolute atomic E-state index is 0.102. The number of benzene rings is 1. The number of hydrogen-bond acceptors (Lipinski definition) is 3. The summed E-state index contributed by atoms with van der Waals surface area (Å²) in [6.07, 6.45) is 0.254.